The number of para-hydroxylation sites is 1. The molecule has 0 atom stereocenters. The molecule has 4 nitrogen and oxygen atoms in total. The fourth-order valence-electron chi connectivity index (χ4n) is 2.29. The topological polar surface area (TPSA) is 53.3 Å². The van der Waals surface area contributed by atoms with E-state index in [0.29, 0.717) is 24.4 Å². The number of amides is 1. The van der Waals surface area contributed by atoms with Crippen molar-refractivity contribution in [1.29, 1.82) is 5.26 Å². The second kappa shape index (κ2) is 8.00. The lowest BCUT2D eigenvalue weighted by Gasteiger charge is -2.22. The Balaban J connectivity index is 2.01. The van der Waals surface area contributed by atoms with Crippen molar-refractivity contribution < 1.29 is 9.53 Å². The highest BCUT2D eigenvalue weighted by Gasteiger charge is 2.14. The van der Waals surface area contributed by atoms with Gasteiger partial charge in [-0.3, -0.25) is 4.79 Å². The molecule has 0 aromatic heterocycles. The van der Waals surface area contributed by atoms with Gasteiger partial charge in [0, 0.05) is 13.1 Å². The van der Waals surface area contributed by atoms with E-state index < -0.39 is 0 Å². The van der Waals surface area contributed by atoms with Gasteiger partial charge in [0.15, 0.2) is 6.61 Å². The van der Waals surface area contributed by atoms with Crippen LogP contribution in [0.15, 0.2) is 48.5 Å². The summed E-state index contributed by atoms with van der Waals surface area (Å²) in [5.41, 5.74) is 2.72. The van der Waals surface area contributed by atoms with Crippen LogP contribution in [0.5, 0.6) is 5.75 Å². The van der Waals surface area contributed by atoms with Crippen LogP contribution in [-0.4, -0.2) is 24.0 Å². The number of hydrogen-bond acceptors (Lipinski definition) is 3. The average Bonchev–Trinajstić information content (AvgIpc) is 2.59. The van der Waals surface area contributed by atoms with Crippen molar-refractivity contribution >= 4 is 5.91 Å². The van der Waals surface area contributed by atoms with Gasteiger partial charge in [0.25, 0.3) is 5.91 Å². The molecule has 0 radical (unpaired) electrons. The minimum Gasteiger partial charge on any atom is -0.482 e. The number of hydrogen-bond donors (Lipinski definition) is 0. The van der Waals surface area contributed by atoms with Crippen molar-refractivity contribution in [2.45, 2.75) is 20.4 Å². The van der Waals surface area contributed by atoms with Crippen molar-refractivity contribution in [3.8, 4) is 11.8 Å². The van der Waals surface area contributed by atoms with E-state index in [1.807, 2.05) is 38.1 Å². The van der Waals surface area contributed by atoms with Crippen molar-refractivity contribution in [3.05, 3.63) is 65.2 Å². The highest BCUT2D eigenvalue weighted by atomic mass is 16.5. The summed E-state index contributed by atoms with van der Waals surface area (Å²) in [6.07, 6.45) is 0. The molecule has 0 saturated carbocycles. The first kappa shape index (κ1) is 16.6. The third-order valence-electron chi connectivity index (χ3n) is 3.72. The zero-order chi connectivity index (χ0) is 16.7. The van der Waals surface area contributed by atoms with Crippen LogP contribution in [0.2, 0.25) is 0 Å². The van der Waals surface area contributed by atoms with E-state index >= 15 is 0 Å². The fourth-order valence-corrected chi connectivity index (χ4v) is 2.29. The van der Waals surface area contributed by atoms with Gasteiger partial charge in [-0.15, -0.1) is 0 Å². The molecular formula is C19H20N2O2. The van der Waals surface area contributed by atoms with Gasteiger partial charge in [-0.25, -0.2) is 0 Å². The number of nitrogens with zero attached hydrogens (tertiary/aromatic N) is 2. The molecule has 0 aliphatic rings. The third kappa shape index (κ3) is 4.33. The SMILES string of the molecule is CCN(Cc1ccccc1C)C(=O)COc1ccccc1C#N. The summed E-state index contributed by atoms with van der Waals surface area (Å²) in [5.74, 6) is 0.346. The normalized spacial score (nSPS) is 9.96. The zero-order valence-electron chi connectivity index (χ0n) is 13.5. The third-order valence-corrected chi connectivity index (χ3v) is 3.72. The summed E-state index contributed by atoms with van der Waals surface area (Å²) >= 11 is 0. The predicted octanol–water partition coefficient (Wildman–Crippen LogP) is 3.29. The van der Waals surface area contributed by atoms with Crippen LogP contribution in [0.4, 0.5) is 0 Å². The summed E-state index contributed by atoms with van der Waals surface area (Å²) in [4.78, 5) is 14.1. The Morgan fingerprint density at radius 1 is 1.17 bits per heavy atom. The summed E-state index contributed by atoms with van der Waals surface area (Å²) in [5, 5.41) is 9.04. The number of carbonyl (C=O) groups excluding carboxylic acids is 1. The number of carbonyl (C=O) groups is 1. The number of rotatable bonds is 6. The van der Waals surface area contributed by atoms with Crippen molar-refractivity contribution in [1.82, 2.24) is 4.90 Å². The van der Waals surface area contributed by atoms with Gasteiger partial charge in [-0.1, -0.05) is 36.4 Å². The lowest BCUT2D eigenvalue weighted by atomic mass is 10.1. The predicted molar refractivity (Wildman–Crippen MR) is 88.9 cm³/mol. The number of aryl methyl sites for hydroxylation is 1. The van der Waals surface area contributed by atoms with Gasteiger partial charge in [0.05, 0.1) is 5.56 Å². The van der Waals surface area contributed by atoms with Crippen LogP contribution >= 0.6 is 0 Å². The van der Waals surface area contributed by atoms with Gasteiger partial charge in [-0.2, -0.15) is 5.26 Å². The van der Waals surface area contributed by atoms with E-state index in [-0.39, 0.29) is 12.5 Å². The maximum atomic E-state index is 12.4. The first-order valence-electron chi connectivity index (χ1n) is 7.60. The maximum Gasteiger partial charge on any atom is 0.260 e. The minimum atomic E-state index is -0.0940. The van der Waals surface area contributed by atoms with E-state index in [4.69, 9.17) is 10.00 Å². The van der Waals surface area contributed by atoms with Crippen LogP contribution < -0.4 is 4.74 Å². The molecule has 0 heterocycles. The molecule has 1 amide bonds. The van der Waals surface area contributed by atoms with Gasteiger partial charge < -0.3 is 9.64 Å². The van der Waals surface area contributed by atoms with Crippen molar-refractivity contribution in [3.63, 3.8) is 0 Å². The average molecular weight is 308 g/mol. The minimum absolute atomic E-state index is 0.0710. The molecule has 0 N–H and O–H groups in total. The lowest BCUT2D eigenvalue weighted by molar-refractivity contribution is -0.133. The second-order valence-electron chi connectivity index (χ2n) is 5.23. The van der Waals surface area contributed by atoms with E-state index in [0.717, 1.165) is 11.1 Å². The molecule has 118 valence electrons. The second-order valence-corrected chi connectivity index (χ2v) is 5.23. The van der Waals surface area contributed by atoms with Gasteiger partial charge >= 0.3 is 0 Å². The van der Waals surface area contributed by atoms with Crippen molar-refractivity contribution in [2.24, 2.45) is 0 Å². The highest BCUT2D eigenvalue weighted by Crippen LogP contribution is 2.17. The summed E-state index contributed by atoms with van der Waals surface area (Å²) < 4.78 is 5.53. The number of benzene rings is 2. The van der Waals surface area contributed by atoms with E-state index in [9.17, 15) is 4.79 Å². The molecule has 0 spiro atoms. The number of likely N-dealkylation sites (N-methyl/N-ethyl adjacent to an activating group) is 1. The molecule has 2 aromatic rings. The quantitative estimate of drug-likeness (QED) is 0.823. The van der Waals surface area contributed by atoms with Gasteiger partial charge in [0.2, 0.25) is 0 Å². The molecule has 0 unspecified atom stereocenters. The Labute approximate surface area is 136 Å². The van der Waals surface area contributed by atoms with Gasteiger partial charge in [0.1, 0.15) is 11.8 Å². The summed E-state index contributed by atoms with van der Waals surface area (Å²) in [6.45, 7) is 5.08. The highest BCUT2D eigenvalue weighted by molar-refractivity contribution is 5.77. The van der Waals surface area contributed by atoms with Crippen LogP contribution in [-0.2, 0) is 11.3 Å². The Morgan fingerprint density at radius 3 is 2.57 bits per heavy atom. The van der Waals surface area contributed by atoms with Crippen molar-refractivity contribution in [2.75, 3.05) is 13.2 Å². The Hall–Kier alpha value is -2.80. The molecule has 0 saturated heterocycles. The largest absolute Gasteiger partial charge is 0.482 e. The molecule has 4 heteroatoms. The number of nitriles is 1. The Morgan fingerprint density at radius 2 is 1.87 bits per heavy atom. The monoisotopic (exact) mass is 308 g/mol. The van der Waals surface area contributed by atoms with Crippen LogP contribution in [0, 0.1) is 18.3 Å². The smallest absolute Gasteiger partial charge is 0.260 e. The molecule has 2 aromatic carbocycles. The van der Waals surface area contributed by atoms with Crippen LogP contribution in [0.3, 0.4) is 0 Å². The Bertz CT molecular complexity index is 719. The first-order chi connectivity index (χ1) is 11.2. The number of ether oxygens (including phenoxy) is 1. The van der Waals surface area contributed by atoms with Crippen LogP contribution in [0.25, 0.3) is 0 Å². The maximum absolute atomic E-state index is 12.4. The van der Waals surface area contributed by atoms with E-state index in [1.165, 1.54) is 0 Å². The van der Waals surface area contributed by atoms with E-state index in [1.54, 1.807) is 29.2 Å². The molecule has 23 heavy (non-hydrogen) atoms. The molecule has 0 fully saturated rings. The molecule has 0 bridgehead atoms. The molecular weight excluding hydrogens is 288 g/mol. The molecule has 0 aliphatic heterocycles. The zero-order valence-corrected chi connectivity index (χ0v) is 13.5. The summed E-state index contributed by atoms with van der Waals surface area (Å²) in [7, 11) is 0. The first-order valence-corrected chi connectivity index (χ1v) is 7.60. The molecule has 0 aliphatic carbocycles. The fraction of sp³-hybridized carbons (Fsp3) is 0.263. The Kier molecular flexibility index (Phi) is 5.76. The lowest BCUT2D eigenvalue weighted by Crippen LogP contribution is -2.34. The summed E-state index contributed by atoms with van der Waals surface area (Å²) in [6, 6.07) is 17.0. The molecule has 2 rings (SSSR count). The van der Waals surface area contributed by atoms with Gasteiger partial charge in [-0.05, 0) is 37.1 Å². The van der Waals surface area contributed by atoms with Crippen LogP contribution in [0.1, 0.15) is 23.6 Å². The van der Waals surface area contributed by atoms with E-state index in [2.05, 4.69) is 6.07 Å². The standard InChI is InChI=1S/C19H20N2O2/c1-3-21(13-17-10-5-4-8-15(17)2)19(22)14-23-18-11-7-6-9-16(18)12-20/h4-11H,3,13-14H2,1-2H3.